The van der Waals surface area contributed by atoms with Crippen LogP contribution in [0.25, 0.3) is 0 Å². The maximum Gasteiger partial charge on any atom is 0.0473 e. The number of hydrogen-bond acceptors (Lipinski definition) is 3. The molecular formula is C15H24N2S. The summed E-state index contributed by atoms with van der Waals surface area (Å²) in [4.78, 5) is 2.65. The van der Waals surface area contributed by atoms with E-state index in [9.17, 15) is 0 Å². The SMILES string of the molecule is CCC1CN(C(CNC)c2ccccc2)CCS1. The standard InChI is InChI=1S/C15H24N2S/c1-3-14-12-17(9-10-18-14)15(11-16-2)13-7-5-4-6-8-13/h4-8,14-16H,3,9-12H2,1-2H3. The molecule has 0 bridgehead atoms. The molecule has 2 unspecified atom stereocenters. The smallest absolute Gasteiger partial charge is 0.0473 e. The zero-order valence-electron chi connectivity index (χ0n) is 11.4. The molecule has 100 valence electrons. The monoisotopic (exact) mass is 264 g/mol. The van der Waals surface area contributed by atoms with Crippen molar-refractivity contribution in [1.82, 2.24) is 10.2 Å². The molecule has 1 fully saturated rings. The van der Waals surface area contributed by atoms with E-state index < -0.39 is 0 Å². The Morgan fingerprint density at radius 1 is 1.39 bits per heavy atom. The van der Waals surface area contributed by atoms with E-state index in [2.05, 4.69) is 59.2 Å². The Hall–Kier alpha value is -0.510. The second-order valence-corrected chi connectivity index (χ2v) is 6.29. The van der Waals surface area contributed by atoms with Gasteiger partial charge in [-0.3, -0.25) is 4.90 Å². The highest BCUT2D eigenvalue weighted by atomic mass is 32.2. The summed E-state index contributed by atoms with van der Waals surface area (Å²) < 4.78 is 0. The first kappa shape index (κ1) is 13.9. The van der Waals surface area contributed by atoms with Gasteiger partial charge in [0.15, 0.2) is 0 Å². The normalized spacial score (nSPS) is 22.9. The quantitative estimate of drug-likeness (QED) is 0.880. The van der Waals surface area contributed by atoms with Crippen molar-refractivity contribution in [2.24, 2.45) is 0 Å². The molecule has 2 nitrogen and oxygen atoms in total. The summed E-state index contributed by atoms with van der Waals surface area (Å²) in [6.45, 7) is 5.77. The lowest BCUT2D eigenvalue weighted by Crippen LogP contribution is -2.43. The van der Waals surface area contributed by atoms with Gasteiger partial charge in [0.25, 0.3) is 0 Å². The molecule has 2 atom stereocenters. The first-order valence-electron chi connectivity index (χ1n) is 6.90. The van der Waals surface area contributed by atoms with Gasteiger partial charge in [0.1, 0.15) is 0 Å². The highest BCUT2D eigenvalue weighted by Crippen LogP contribution is 2.28. The van der Waals surface area contributed by atoms with Crippen LogP contribution >= 0.6 is 11.8 Å². The van der Waals surface area contributed by atoms with Crippen LogP contribution in [0.5, 0.6) is 0 Å². The molecule has 1 heterocycles. The first-order chi connectivity index (χ1) is 8.85. The number of hydrogen-bond donors (Lipinski definition) is 1. The number of nitrogens with zero attached hydrogens (tertiary/aromatic N) is 1. The predicted octanol–water partition coefficient (Wildman–Crippen LogP) is 2.77. The van der Waals surface area contributed by atoms with Gasteiger partial charge in [-0.05, 0) is 19.0 Å². The molecule has 1 N–H and O–H groups in total. The van der Waals surface area contributed by atoms with Crippen molar-refractivity contribution in [3.05, 3.63) is 35.9 Å². The largest absolute Gasteiger partial charge is 0.318 e. The summed E-state index contributed by atoms with van der Waals surface area (Å²) in [5, 5.41) is 4.16. The highest BCUT2D eigenvalue weighted by molar-refractivity contribution is 8.00. The average molecular weight is 264 g/mol. The van der Waals surface area contributed by atoms with Crippen LogP contribution in [0.4, 0.5) is 0 Å². The predicted molar refractivity (Wildman–Crippen MR) is 81.2 cm³/mol. The lowest BCUT2D eigenvalue weighted by molar-refractivity contribution is 0.200. The van der Waals surface area contributed by atoms with Crippen molar-refractivity contribution in [1.29, 1.82) is 0 Å². The topological polar surface area (TPSA) is 15.3 Å². The van der Waals surface area contributed by atoms with Crippen LogP contribution in [0.1, 0.15) is 24.9 Å². The summed E-state index contributed by atoms with van der Waals surface area (Å²) in [7, 11) is 2.05. The lowest BCUT2D eigenvalue weighted by Gasteiger charge is -2.38. The summed E-state index contributed by atoms with van der Waals surface area (Å²) >= 11 is 2.14. The van der Waals surface area contributed by atoms with Gasteiger partial charge in [0.2, 0.25) is 0 Å². The van der Waals surface area contributed by atoms with Gasteiger partial charge in [-0.15, -0.1) is 0 Å². The third-order valence-corrected chi connectivity index (χ3v) is 5.02. The second-order valence-electron chi connectivity index (χ2n) is 4.88. The number of rotatable bonds is 5. The summed E-state index contributed by atoms with van der Waals surface area (Å²) in [5.41, 5.74) is 1.44. The van der Waals surface area contributed by atoms with E-state index in [1.165, 1.54) is 30.8 Å². The molecule has 2 rings (SSSR count). The Morgan fingerprint density at radius 2 is 2.17 bits per heavy atom. The van der Waals surface area contributed by atoms with Crippen LogP contribution in [-0.4, -0.2) is 42.6 Å². The second kappa shape index (κ2) is 7.17. The number of likely N-dealkylation sites (N-methyl/N-ethyl adjacent to an activating group) is 1. The summed E-state index contributed by atoms with van der Waals surface area (Å²) in [5.74, 6) is 1.27. The van der Waals surface area contributed by atoms with Crippen molar-refractivity contribution in [2.45, 2.75) is 24.6 Å². The Kier molecular flexibility index (Phi) is 5.54. The van der Waals surface area contributed by atoms with E-state index in [1.54, 1.807) is 0 Å². The van der Waals surface area contributed by atoms with Crippen LogP contribution < -0.4 is 5.32 Å². The van der Waals surface area contributed by atoms with Crippen molar-refractivity contribution < 1.29 is 0 Å². The first-order valence-corrected chi connectivity index (χ1v) is 7.95. The molecule has 1 aliphatic heterocycles. The van der Waals surface area contributed by atoms with Crippen molar-refractivity contribution in [3.8, 4) is 0 Å². The van der Waals surface area contributed by atoms with Crippen molar-refractivity contribution in [3.63, 3.8) is 0 Å². The Labute approximate surface area is 115 Å². The van der Waals surface area contributed by atoms with E-state index in [0.29, 0.717) is 6.04 Å². The third-order valence-electron chi connectivity index (χ3n) is 3.65. The van der Waals surface area contributed by atoms with Crippen LogP contribution in [0, 0.1) is 0 Å². The molecule has 1 aliphatic rings. The van der Waals surface area contributed by atoms with E-state index in [1.807, 2.05) is 7.05 Å². The fourth-order valence-electron chi connectivity index (χ4n) is 2.60. The molecule has 1 aromatic carbocycles. The van der Waals surface area contributed by atoms with Crippen LogP contribution in [0.15, 0.2) is 30.3 Å². The van der Waals surface area contributed by atoms with Gasteiger partial charge < -0.3 is 5.32 Å². The van der Waals surface area contributed by atoms with Gasteiger partial charge in [0, 0.05) is 36.7 Å². The molecule has 18 heavy (non-hydrogen) atoms. The van der Waals surface area contributed by atoms with Crippen LogP contribution in [-0.2, 0) is 0 Å². The molecule has 0 spiro atoms. The molecular weight excluding hydrogens is 240 g/mol. The minimum atomic E-state index is 0.520. The zero-order chi connectivity index (χ0) is 12.8. The Morgan fingerprint density at radius 3 is 2.83 bits per heavy atom. The molecule has 1 aromatic rings. The van der Waals surface area contributed by atoms with Gasteiger partial charge in [-0.1, -0.05) is 37.3 Å². The van der Waals surface area contributed by atoms with Crippen LogP contribution in [0.2, 0.25) is 0 Å². The number of benzene rings is 1. The van der Waals surface area contributed by atoms with E-state index >= 15 is 0 Å². The Balaban J connectivity index is 2.09. The molecule has 1 saturated heterocycles. The molecule has 0 aromatic heterocycles. The van der Waals surface area contributed by atoms with Gasteiger partial charge in [0.05, 0.1) is 0 Å². The van der Waals surface area contributed by atoms with E-state index in [4.69, 9.17) is 0 Å². The fraction of sp³-hybridized carbons (Fsp3) is 0.600. The van der Waals surface area contributed by atoms with Crippen LogP contribution in [0.3, 0.4) is 0 Å². The minimum Gasteiger partial charge on any atom is -0.318 e. The van der Waals surface area contributed by atoms with E-state index in [0.717, 1.165) is 11.8 Å². The summed E-state index contributed by atoms with van der Waals surface area (Å²) in [6, 6.07) is 11.4. The number of thioether (sulfide) groups is 1. The van der Waals surface area contributed by atoms with Crippen molar-refractivity contribution in [2.75, 3.05) is 32.4 Å². The molecule has 0 radical (unpaired) electrons. The molecule has 0 aliphatic carbocycles. The highest BCUT2D eigenvalue weighted by Gasteiger charge is 2.25. The van der Waals surface area contributed by atoms with Gasteiger partial charge in [-0.2, -0.15) is 11.8 Å². The maximum atomic E-state index is 3.35. The maximum absolute atomic E-state index is 3.35. The molecule has 3 heteroatoms. The number of nitrogens with one attached hydrogen (secondary N) is 1. The lowest BCUT2D eigenvalue weighted by atomic mass is 10.0. The molecule has 0 saturated carbocycles. The van der Waals surface area contributed by atoms with Crippen molar-refractivity contribution >= 4 is 11.8 Å². The summed E-state index contributed by atoms with van der Waals surface area (Å²) in [6.07, 6.45) is 1.28. The molecule has 0 amide bonds. The minimum absolute atomic E-state index is 0.520. The van der Waals surface area contributed by atoms with E-state index in [-0.39, 0.29) is 0 Å². The van der Waals surface area contributed by atoms with Gasteiger partial charge >= 0.3 is 0 Å². The zero-order valence-corrected chi connectivity index (χ0v) is 12.2. The Bertz CT molecular complexity index is 342. The third kappa shape index (κ3) is 3.50. The fourth-order valence-corrected chi connectivity index (χ4v) is 3.80. The van der Waals surface area contributed by atoms with Gasteiger partial charge in [-0.25, -0.2) is 0 Å². The average Bonchev–Trinajstić information content (AvgIpc) is 2.46.